The molecule has 0 saturated carbocycles. The molecule has 0 saturated heterocycles. The molecule has 0 aliphatic rings. The van der Waals surface area contributed by atoms with Gasteiger partial charge in [-0.1, -0.05) is 6.92 Å². The number of aliphatic hydroxyl groups excluding tert-OH is 1. The van der Waals surface area contributed by atoms with Crippen molar-refractivity contribution < 1.29 is 9.84 Å². The Morgan fingerprint density at radius 2 is 2.25 bits per heavy atom. The minimum absolute atomic E-state index is 0.460. The molecule has 0 aliphatic heterocycles. The van der Waals surface area contributed by atoms with Crippen molar-refractivity contribution >= 4 is 0 Å². The quantitative estimate of drug-likeness (QED) is 0.729. The second-order valence-electron chi connectivity index (χ2n) is 2.42. The first-order chi connectivity index (χ1) is 5.77. The van der Waals surface area contributed by atoms with E-state index in [1.807, 2.05) is 6.92 Å². The molecular weight excluding hydrogens is 156 g/mol. The lowest BCUT2D eigenvalue weighted by molar-refractivity contribution is 0.167. The van der Waals surface area contributed by atoms with E-state index in [9.17, 15) is 5.11 Å². The fourth-order valence-corrected chi connectivity index (χ4v) is 0.826. The first-order valence-corrected chi connectivity index (χ1v) is 3.83. The largest absolute Gasteiger partial charge is 0.480 e. The summed E-state index contributed by atoms with van der Waals surface area (Å²) >= 11 is 0. The van der Waals surface area contributed by atoms with E-state index in [2.05, 4.69) is 10.2 Å². The zero-order valence-electron chi connectivity index (χ0n) is 7.19. The van der Waals surface area contributed by atoms with Crippen LogP contribution in [0, 0.1) is 0 Å². The lowest BCUT2D eigenvalue weighted by atomic mass is 10.2. The Hall–Kier alpha value is -1.16. The van der Waals surface area contributed by atoms with Crippen molar-refractivity contribution in [2.24, 2.45) is 0 Å². The SMILES string of the molecule is CCC(O)c1ccc(OC)nn1. The third-order valence-electron chi connectivity index (χ3n) is 1.60. The van der Waals surface area contributed by atoms with E-state index in [1.54, 1.807) is 12.1 Å². The average Bonchev–Trinajstić information content (AvgIpc) is 2.17. The zero-order chi connectivity index (χ0) is 8.97. The molecule has 0 aliphatic carbocycles. The van der Waals surface area contributed by atoms with Crippen molar-refractivity contribution in [1.82, 2.24) is 10.2 Å². The summed E-state index contributed by atoms with van der Waals surface area (Å²) in [6.45, 7) is 1.89. The van der Waals surface area contributed by atoms with Gasteiger partial charge in [0.1, 0.15) is 0 Å². The van der Waals surface area contributed by atoms with Crippen molar-refractivity contribution in [3.8, 4) is 5.88 Å². The molecule has 1 aromatic rings. The Bertz CT molecular complexity index is 235. The second kappa shape index (κ2) is 4.01. The van der Waals surface area contributed by atoms with Crippen LogP contribution in [0.2, 0.25) is 0 Å². The molecule has 1 aromatic heterocycles. The minimum atomic E-state index is -0.525. The van der Waals surface area contributed by atoms with E-state index in [0.717, 1.165) is 0 Å². The van der Waals surface area contributed by atoms with Crippen LogP contribution in [0.5, 0.6) is 5.88 Å². The molecule has 1 unspecified atom stereocenters. The highest BCUT2D eigenvalue weighted by atomic mass is 16.5. The Morgan fingerprint density at radius 3 is 2.67 bits per heavy atom. The Kier molecular flexibility index (Phi) is 2.99. The van der Waals surface area contributed by atoms with Gasteiger partial charge in [-0.05, 0) is 12.5 Å². The van der Waals surface area contributed by atoms with Crippen LogP contribution < -0.4 is 4.74 Å². The van der Waals surface area contributed by atoms with E-state index >= 15 is 0 Å². The van der Waals surface area contributed by atoms with Crippen LogP contribution in [-0.4, -0.2) is 22.4 Å². The number of hydrogen-bond acceptors (Lipinski definition) is 4. The summed E-state index contributed by atoms with van der Waals surface area (Å²) in [4.78, 5) is 0. The predicted molar refractivity (Wildman–Crippen MR) is 43.8 cm³/mol. The van der Waals surface area contributed by atoms with Gasteiger partial charge < -0.3 is 9.84 Å². The molecule has 4 heteroatoms. The summed E-state index contributed by atoms with van der Waals surface area (Å²) in [5.41, 5.74) is 0.582. The molecule has 0 fully saturated rings. The monoisotopic (exact) mass is 168 g/mol. The minimum Gasteiger partial charge on any atom is -0.480 e. The number of ether oxygens (including phenoxy) is 1. The normalized spacial score (nSPS) is 12.6. The van der Waals surface area contributed by atoms with E-state index in [4.69, 9.17) is 4.74 Å². The highest BCUT2D eigenvalue weighted by molar-refractivity contribution is 5.12. The summed E-state index contributed by atoms with van der Waals surface area (Å²) in [5.74, 6) is 0.460. The molecule has 1 atom stereocenters. The molecule has 0 bridgehead atoms. The summed E-state index contributed by atoms with van der Waals surface area (Å²) in [5, 5.41) is 16.9. The van der Waals surface area contributed by atoms with Crippen molar-refractivity contribution in [2.45, 2.75) is 19.4 Å². The standard InChI is InChI=1S/C8H12N2O2/c1-3-7(11)6-4-5-8(12-2)10-9-6/h4-5,7,11H,3H2,1-2H3. The van der Waals surface area contributed by atoms with Gasteiger partial charge in [0, 0.05) is 6.07 Å². The van der Waals surface area contributed by atoms with Gasteiger partial charge in [0.2, 0.25) is 5.88 Å². The molecule has 0 spiro atoms. The Morgan fingerprint density at radius 1 is 1.50 bits per heavy atom. The van der Waals surface area contributed by atoms with E-state index < -0.39 is 6.10 Å². The summed E-state index contributed by atoms with van der Waals surface area (Å²) < 4.78 is 4.83. The third-order valence-corrected chi connectivity index (χ3v) is 1.60. The highest BCUT2D eigenvalue weighted by Gasteiger charge is 2.06. The maximum Gasteiger partial charge on any atom is 0.233 e. The first kappa shape index (κ1) is 8.93. The maximum absolute atomic E-state index is 9.35. The number of nitrogens with zero attached hydrogens (tertiary/aromatic N) is 2. The maximum atomic E-state index is 9.35. The lowest BCUT2D eigenvalue weighted by Crippen LogP contribution is -2.01. The van der Waals surface area contributed by atoms with Crippen molar-refractivity contribution in [3.63, 3.8) is 0 Å². The van der Waals surface area contributed by atoms with Gasteiger partial charge in [0.05, 0.1) is 18.9 Å². The predicted octanol–water partition coefficient (Wildman–Crippen LogP) is 0.929. The summed E-state index contributed by atoms with van der Waals surface area (Å²) in [6, 6.07) is 3.39. The summed E-state index contributed by atoms with van der Waals surface area (Å²) in [7, 11) is 1.53. The van der Waals surface area contributed by atoms with E-state index in [-0.39, 0.29) is 0 Å². The lowest BCUT2D eigenvalue weighted by Gasteiger charge is -2.05. The number of hydrogen-bond donors (Lipinski definition) is 1. The molecule has 1 heterocycles. The first-order valence-electron chi connectivity index (χ1n) is 3.83. The molecule has 4 nitrogen and oxygen atoms in total. The van der Waals surface area contributed by atoms with Gasteiger partial charge in [0.15, 0.2) is 0 Å². The smallest absolute Gasteiger partial charge is 0.233 e. The highest BCUT2D eigenvalue weighted by Crippen LogP contribution is 2.13. The third kappa shape index (κ3) is 1.92. The molecule has 12 heavy (non-hydrogen) atoms. The van der Waals surface area contributed by atoms with Crippen LogP contribution in [0.4, 0.5) is 0 Å². The molecule has 0 amide bonds. The van der Waals surface area contributed by atoms with Gasteiger partial charge >= 0.3 is 0 Å². The molecule has 1 N–H and O–H groups in total. The van der Waals surface area contributed by atoms with Crippen molar-refractivity contribution in [1.29, 1.82) is 0 Å². The average molecular weight is 168 g/mol. The second-order valence-corrected chi connectivity index (χ2v) is 2.42. The zero-order valence-corrected chi connectivity index (χ0v) is 7.19. The Labute approximate surface area is 71.2 Å². The van der Waals surface area contributed by atoms with Crippen molar-refractivity contribution in [3.05, 3.63) is 17.8 Å². The molecule has 1 rings (SSSR count). The van der Waals surface area contributed by atoms with Crippen LogP contribution >= 0.6 is 0 Å². The van der Waals surface area contributed by atoms with Gasteiger partial charge in [-0.3, -0.25) is 0 Å². The Balaban J connectivity index is 2.77. The number of aromatic nitrogens is 2. The molecule has 0 radical (unpaired) electrons. The van der Waals surface area contributed by atoms with Crippen LogP contribution in [-0.2, 0) is 0 Å². The number of aliphatic hydroxyl groups is 1. The van der Waals surface area contributed by atoms with Gasteiger partial charge in [-0.15, -0.1) is 10.2 Å². The van der Waals surface area contributed by atoms with Gasteiger partial charge in [0.25, 0.3) is 0 Å². The van der Waals surface area contributed by atoms with Crippen LogP contribution in [0.15, 0.2) is 12.1 Å². The van der Waals surface area contributed by atoms with Gasteiger partial charge in [-0.25, -0.2) is 0 Å². The van der Waals surface area contributed by atoms with Crippen LogP contribution in [0.25, 0.3) is 0 Å². The fourth-order valence-electron chi connectivity index (χ4n) is 0.826. The van der Waals surface area contributed by atoms with E-state index in [0.29, 0.717) is 18.0 Å². The van der Waals surface area contributed by atoms with E-state index in [1.165, 1.54) is 7.11 Å². The molecule has 0 aromatic carbocycles. The van der Waals surface area contributed by atoms with Crippen LogP contribution in [0.3, 0.4) is 0 Å². The summed E-state index contributed by atoms with van der Waals surface area (Å²) in [6.07, 6.45) is 0.115. The van der Waals surface area contributed by atoms with Crippen LogP contribution in [0.1, 0.15) is 25.1 Å². The van der Waals surface area contributed by atoms with Gasteiger partial charge in [-0.2, -0.15) is 0 Å². The molecule has 66 valence electrons. The van der Waals surface area contributed by atoms with Crippen molar-refractivity contribution in [2.75, 3.05) is 7.11 Å². The molecular formula is C8H12N2O2. The number of methoxy groups -OCH3 is 1. The topological polar surface area (TPSA) is 55.2 Å². The number of rotatable bonds is 3. The fraction of sp³-hybridized carbons (Fsp3) is 0.500.